The van der Waals surface area contributed by atoms with E-state index in [1.807, 2.05) is 0 Å². The van der Waals surface area contributed by atoms with Gasteiger partial charge in [0.1, 0.15) is 0 Å². The lowest BCUT2D eigenvalue weighted by Gasteiger charge is -2.47. The Hall–Kier alpha value is -1.64. The van der Waals surface area contributed by atoms with Crippen molar-refractivity contribution in [2.75, 3.05) is 26.2 Å². The van der Waals surface area contributed by atoms with Crippen molar-refractivity contribution in [2.45, 2.75) is 38.5 Å². The molecule has 1 saturated heterocycles. The van der Waals surface area contributed by atoms with Crippen molar-refractivity contribution in [3.05, 3.63) is 12.4 Å². The van der Waals surface area contributed by atoms with E-state index < -0.39 is 18.3 Å². The first-order valence-electron chi connectivity index (χ1n) is 7.11. The third-order valence-electron chi connectivity index (χ3n) is 3.71. The number of piperazine rings is 1. The van der Waals surface area contributed by atoms with Crippen LogP contribution in [0.15, 0.2) is 12.4 Å². The second kappa shape index (κ2) is 6.23. The van der Waals surface area contributed by atoms with Crippen molar-refractivity contribution < 1.29 is 18.0 Å². The van der Waals surface area contributed by atoms with Crippen LogP contribution >= 0.6 is 0 Å². The van der Waals surface area contributed by atoms with Crippen LogP contribution in [0.4, 0.5) is 13.2 Å². The average Bonchev–Trinajstić information content (AvgIpc) is 2.85. The molecule has 2 rings (SSSR count). The van der Waals surface area contributed by atoms with E-state index >= 15 is 0 Å². The van der Waals surface area contributed by atoms with E-state index in [0.717, 1.165) is 0 Å². The molecule has 0 bridgehead atoms. The zero-order chi connectivity index (χ0) is 16.4. The minimum absolute atomic E-state index is 0.0767. The van der Waals surface area contributed by atoms with Gasteiger partial charge in [0.25, 0.3) is 0 Å². The van der Waals surface area contributed by atoms with Crippen molar-refractivity contribution >= 4 is 5.91 Å². The second-order valence-corrected chi connectivity index (χ2v) is 6.10. The number of carbonyl (C=O) groups excluding carboxylic acids is 1. The van der Waals surface area contributed by atoms with E-state index in [0.29, 0.717) is 13.1 Å². The highest BCUT2D eigenvalue weighted by atomic mass is 19.4. The highest BCUT2D eigenvalue weighted by molar-refractivity contribution is 5.77. The monoisotopic (exact) mass is 319 g/mol. The molecule has 9 heteroatoms. The second-order valence-electron chi connectivity index (χ2n) is 6.10. The molecular formula is C13H20F3N5O. The van der Waals surface area contributed by atoms with Gasteiger partial charge in [0.2, 0.25) is 5.91 Å². The minimum atomic E-state index is -4.21. The number of rotatable bonds is 4. The van der Waals surface area contributed by atoms with Crippen LogP contribution in [0.2, 0.25) is 0 Å². The van der Waals surface area contributed by atoms with Gasteiger partial charge >= 0.3 is 6.18 Å². The molecule has 1 fully saturated rings. The molecule has 0 saturated carbocycles. The fraction of sp³-hybridized carbons (Fsp3) is 0.769. The molecule has 0 unspecified atom stereocenters. The summed E-state index contributed by atoms with van der Waals surface area (Å²) in [7, 11) is 0. The van der Waals surface area contributed by atoms with Crippen LogP contribution in [0.5, 0.6) is 0 Å². The Kier molecular flexibility index (Phi) is 4.74. The summed E-state index contributed by atoms with van der Waals surface area (Å²) in [4.78, 5) is 15.3. The lowest BCUT2D eigenvalue weighted by molar-refractivity contribution is -0.160. The maximum Gasteiger partial charge on any atom is 0.401 e. The van der Waals surface area contributed by atoms with Crippen LogP contribution in [-0.2, 0) is 11.3 Å². The van der Waals surface area contributed by atoms with Crippen molar-refractivity contribution in [3.63, 3.8) is 0 Å². The molecule has 0 spiro atoms. The SMILES string of the molecule is CC1(C)CN(CC(F)(F)F)CCN1C(=O)CCn1ccnn1. The van der Waals surface area contributed by atoms with Gasteiger partial charge in [-0.3, -0.25) is 14.4 Å². The van der Waals surface area contributed by atoms with Gasteiger partial charge in [-0.2, -0.15) is 13.2 Å². The summed E-state index contributed by atoms with van der Waals surface area (Å²) in [5.41, 5.74) is -0.622. The molecular weight excluding hydrogens is 299 g/mol. The van der Waals surface area contributed by atoms with Crippen molar-refractivity contribution in [2.24, 2.45) is 0 Å². The van der Waals surface area contributed by atoms with Gasteiger partial charge in [0.05, 0.1) is 19.3 Å². The lowest BCUT2D eigenvalue weighted by Crippen LogP contribution is -2.62. The van der Waals surface area contributed by atoms with E-state index in [1.54, 1.807) is 29.6 Å². The van der Waals surface area contributed by atoms with E-state index in [2.05, 4.69) is 10.3 Å². The molecule has 6 nitrogen and oxygen atoms in total. The van der Waals surface area contributed by atoms with Crippen LogP contribution in [0.1, 0.15) is 20.3 Å². The minimum Gasteiger partial charge on any atom is -0.335 e. The molecule has 2 heterocycles. The van der Waals surface area contributed by atoms with Crippen LogP contribution < -0.4 is 0 Å². The van der Waals surface area contributed by atoms with Crippen LogP contribution in [-0.4, -0.2) is 68.6 Å². The van der Waals surface area contributed by atoms with Gasteiger partial charge < -0.3 is 4.90 Å². The van der Waals surface area contributed by atoms with Crippen LogP contribution in [0.3, 0.4) is 0 Å². The van der Waals surface area contributed by atoms with Gasteiger partial charge in [0, 0.05) is 37.8 Å². The molecule has 1 aliphatic heterocycles. The smallest absolute Gasteiger partial charge is 0.335 e. The van der Waals surface area contributed by atoms with E-state index in [1.165, 1.54) is 11.1 Å². The molecule has 0 radical (unpaired) electrons. The Labute approximate surface area is 126 Å². The highest BCUT2D eigenvalue weighted by Crippen LogP contribution is 2.25. The number of hydrogen-bond acceptors (Lipinski definition) is 4. The van der Waals surface area contributed by atoms with Crippen molar-refractivity contribution in [3.8, 4) is 0 Å². The molecule has 0 aromatic carbocycles. The fourth-order valence-electron chi connectivity index (χ4n) is 2.80. The normalized spacial score (nSPS) is 19.4. The van der Waals surface area contributed by atoms with E-state index in [4.69, 9.17) is 0 Å². The third-order valence-corrected chi connectivity index (χ3v) is 3.71. The largest absolute Gasteiger partial charge is 0.401 e. The van der Waals surface area contributed by atoms with Gasteiger partial charge in [-0.25, -0.2) is 0 Å². The number of nitrogens with zero attached hydrogens (tertiary/aromatic N) is 5. The summed E-state index contributed by atoms with van der Waals surface area (Å²) in [6, 6.07) is 0. The molecule has 0 aliphatic carbocycles. The highest BCUT2D eigenvalue weighted by Gasteiger charge is 2.40. The summed E-state index contributed by atoms with van der Waals surface area (Å²) < 4.78 is 39.0. The Morgan fingerprint density at radius 1 is 1.32 bits per heavy atom. The number of carbonyl (C=O) groups is 1. The quantitative estimate of drug-likeness (QED) is 0.835. The Morgan fingerprint density at radius 3 is 2.59 bits per heavy atom. The zero-order valence-electron chi connectivity index (χ0n) is 12.7. The standard InChI is InChI=1S/C13H20F3N5O/c1-12(2)9-19(10-13(14,15)16)7-8-21(12)11(22)3-5-20-6-4-17-18-20/h4,6H,3,5,7-10H2,1-2H3. The summed E-state index contributed by atoms with van der Waals surface area (Å²) >= 11 is 0. The first-order chi connectivity index (χ1) is 10.2. The first kappa shape index (κ1) is 16.7. The maximum absolute atomic E-state index is 12.5. The Bertz CT molecular complexity index is 500. The Balaban J connectivity index is 1.90. The zero-order valence-corrected chi connectivity index (χ0v) is 12.7. The molecule has 0 N–H and O–H groups in total. The number of halogens is 3. The predicted octanol–water partition coefficient (Wildman–Crippen LogP) is 1.15. The molecule has 1 amide bonds. The number of aryl methyl sites for hydroxylation is 1. The van der Waals surface area contributed by atoms with Crippen molar-refractivity contribution in [1.82, 2.24) is 24.8 Å². The molecule has 0 atom stereocenters. The topological polar surface area (TPSA) is 54.3 Å². The number of hydrogen-bond donors (Lipinski definition) is 0. The number of alkyl halides is 3. The van der Waals surface area contributed by atoms with Crippen LogP contribution in [0, 0.1) is 0 Å². The number of aromatic nitrogens is 3. The Morgan fingerprint density at radius 2 is 2.05 bits per heavy atom. The summed E-state index contributed by atoms with van der Waals surface area (Å²) in [6.45, 7) is 3.82. The van der Waals surface area contributed by atoms with Crippen molar-refractivity contribution in [1.29, 1.82) is 0 Å². The molecule has 1 aromatic heterocycles. The lowest BCUT2D eigenvalue weighted by atomic mass is 9.98. The van der Waals surface area contributed by atoms with E-state index in [-0.39, 0.29) is 25.4 Å². The molecule has 124 valence electrons. The van der Waals surface area contributed by atoms with E-state index in [9.17, 15) is 18.0 Å². The molecule has 1 aliphatic rings. The van der Waals surface area contributed by atoms with Gasteiger partial charge in [-0.05, 0) is 13.8 Å². The fourth-order valence-corrected chi connectivity index (χ4v) is 2.80. The first-order valence-corrected chi connectivity index (χ1v) is 7.11. The van der Waals surface area contributed by atoms with Gasteiger partial charge in [-0.15, -0.1) is 5.10 Å². The summed E-state index contributed by atoms with van der Waals surface area (Å²) in [5, 5.41) is 7.44. The third kappa shape index (κ3) is 4.43. The van der Waals surface area contributed by atoms with Crippen LogP contribution in [0.25, 0.3) is 0 Å². The number of amides is 1. The van der Waals surface area contributed by atoms with Gasteiger partial charge in [0.15, 0.2) is 0 Å². The molecule has 22 heavy (non-hydrogen) atoms. The van der Waals surface area contributed by atoms with Gasteiger partial charge in [-0.1, -0.05) is 5.21 Å². The summed E-state index contributed by atoms with van der Waals surface area (Å²) in [5.74, 6) is -0.0767. The maximum atomic E-state index is 12.5. The average molecular weight is 319 g/mol. The molecule has 1 aromatic rings. The summed E-state index contributed by atoms with van der Waals surface area (Å²) in [6.07, 6.45) is -0.759. The predicted molar refractivity (Wildman–Crippen MR) is 72.9 cm³/mol.